The zero-order chi connectivity index (χ0) is 34.1. The number of carbonyl (C=O) groups is 1. The molecule has 3 aromatic rings. The van der Waals surface area contributed by atoms with Gasteiger partial charge in [0.15, 0.2) is 5.03 Å². The molecule has 4 rings (SSSR count). The molecule has 2 aromatic carbocycles. The molecule has 2 N–H and O–H groups in total. The molecular weight excluding hydrogens is 622 g/mol. The Morgan fingerprint density at radius 3 is 2.57 bits per heavy atom. The number of carbonyl (C=O) groups excluding carboxylic acids is 1. The third-order valence-electron chi connectivity index (χ3n) is 8.36. The molecule has 47 heavy (non-hydrogen) atoms. The van der Waals surface area contributed by atoms with Crippen molar-refractivity contribution in [3.63, 3.8) is 0 Å². The Kier molecular flexibility index (Phi) is 12.7. The first-order valence-electron chi connectivity index (χ1n) is 16.1. The number of hydrogen-bond donors (Lipinski definition) is 2. The second-order valence-corrected chi connectivity index (χ2v) is 14.2. The van der Waals surface area contributed by atoms with E-state index in [0.717, 1.165) is 30.6 Å². The van der Waals surface area contributed by atoms with E-state index >= 15 is 0 Å². The van der Waals surface area contributed by atoms with Gasteiger partial charge in [-0.25, -0.2) is 4.98 Å². The largest absolute Gasteiger partial charge is 0.497 e. The normalized spacial score (nSPS) is 20.6. The molecule has 258 valence electrons. The van der Waals surface area contributed by atoms with Gasteiger partial charge < -0.3 is 28.8 Å². The number of aromatic nitrogens is 2. The molecule has 0 saturated heterocycles. The summed E-state index contributed by atoms with van der Waals surface area (Å²) in [5, 5.41) is 10.1. The summed E-state index contributed by atoms with van der Waals surface area (Å²) in [6, 6.07) is 12.2. The van der Waals surface area contributed by atoms with Gasteiger partial charge in [-0.05, 0) is 76.1 Å². The number of imidazole rings is 1. The molecule has 1 aliphatic rings. The third kappa shape index (κ3) is 9.92. The highest BCUT2D eigenvalue weighted by Gasteiger charge is 2.31. The minimum absolute atomic E-state index is 0.0941. The number of amides is 1. The van der Waals surface area contributed by atoms with Gasteiger partial charge in [0, 0.05) is 51.1 Å². The summed E-state index contributed by atoms with van der Waals surface area (Å²) in [5.41, 5.74) is 1.55. The van der Waals surface area contributed by atoms with Gasteiger partial charge in [0.25, 0.3) is 15.9 Å². The van der Waals surface area contributed by atoms with E-state index in [0.29, 0.717) is 32.0 Å². The molecule has 1 aromatic heterocycles. The van der Waals surface area contributed by atoms with Crippen molar-refractivity contribution >= 4 is 21.6 Å². The number of nitrogens with one attached hydrogen (secondary N) is 1. The SMILES string of the molecule is COc1ccc(CN(C)C[C@H]2OCCCC[C@H](C)Oc3ccc(NS(=O)(=O)c4cn(C)cn4)cc3C(=O)N([C@@H](C)CO)C[C@H]2C)cc1. The fourth-order valence-electron chi connectivity index (χ4n) is 5.60. The summed E-state index contributed by atoms with van der Waals surface area (Å²) in [5.74, 6) is 0.696. The number of nitrogens with zero attached hydrogens (tertiary/aromatic N) is 4. The average Bonchev–Trinajstić information content (AvgIpc) is 3.50. The topological polar surface area (TPSA) is 135 Å². The maximum Gasteiger partial charge on any atom is 0.280 e. The number of sulfonamides is 1. The second kappa shape index (κ2) is 16.4. The number of likely N-dealkylation sites (N-methyl/N-ethyl adjacent to an activating group) is 1. The van der Waals surface area contributed by atoms with Gasteiger partial charge in [-0.2, -0.15) is 8.42 Å². The van der Waals surface area contributed by atoms with E-state index in [-0.39, 0.29) is 46.9 Å². The van der Waals surface area contributed by atoms with E-state index < -0.39 is 16.1 Å². The van der Waals surface area contributed by atoms with Crippen LogP contribution in [0.3, 0.4) is 0 Å². The van der Waals surface area contributed by atoms with E-state index in [9.17, 15) is 18.3 Å². The molecule has 12 nitrogen and oxygen atoms in total. The molecule has 0 bridgehead atoms. The summed E-state index contributed by atoms with van der Waals surface area (Å²) >= 11 is 0. The molecule has 0 unspecified atom stereocenters. The summed E-state index contributed by atoms with van der Waals surface area (Å²) in [4.78, 5) is 22.1. The first-order valence-corrected chi connectivity index (χ1v) is 17.5. The summed E-state index contributed by atoms with van der Waals surface area (Å²) in [6.07, 6.45) is 4.90. The van der Waals surface area contributed by atoms with Crippen LogP contribution in [0.25, 0.3) is 0 Å². The Hall–Kier alpha value is -3.65. The third-order valence-corrected chi connectivity index (χ3v) is 9.63. The number of hydrogen-bond acceptors (Lipinski definition) is 9. The van der Waals surface area contributed by atoms with Crippen molar-refractivity contribution in [2.75, 3.05) is 45.2 Å². The van der Waals surface area contributed by atoms with E-state index in [1.54, 1.807) is 42.7 Å². The quantitative estimate of drug-likeness (QED) is 0.326. The lowest BCUT2D eigenvalue weighted by atomic mass is 10.0. The van der Waals surface area contributed by atoms with Crippen LogP contribution in [0, 0.1) is 5.92 Å². The Morgan fingerprint density at radius 1 is 1.17 bits per heavy atom. The Balaban J connectivity index is 1.62. The zero-order valence-electron chi connectivity index (χ0n) is 28.3. The number of aryl methyl sites for hydroxylation is 1. The highest BCUT2D eigenvalue weighted by atomic mass is 32.2. The monoisotopic (exact) mass is 671 g/mol. The Bertz CT molecular complexity index is 1560. The fraction of sp³-hybridized carbons (Fsp3) is 0.529. The van der Waals surface area contributed by atoms with Crippen LogP contribution in [-0.4, -0.2) is 97.5 Å². The lowest BCUT2D eigenvalue weighted by Gasteiger charge is -2.36. The van der Waals surface area contributed by atoms with Crippen LogP contribution in [0.5, 0.6) is 11.5 Å². The van der Waals surface area contributed by atoms with Crippen LogP contribution in [-0.2, 0) is 28.4 Å². The fourth-order valence-corrected chi connectivity index (χ4v) is 6.63. The van der Waals surface area contributed by atoms with Gasteiger partial charge in [0.1, 0.15) is 11.5 Å². The van der Waals surface area contributed by atoms with Gasteiger partial charge in [-0.15, -0.1) is 0 Å². The maximum absolute atomic E-state index is 14.4. The molecular formula is C34H49N5O7S. The highest BCUT2D eigenvalue weighted by Crippen LogP contribution is 2.29. The van der Waals surface area contributed by atoms with E-state index in [1.807, 2.05) is 38.2 Å². The lowest BCUT2D eigenvalue weighted by molar-refractivity contribution is -0.0177. The van der Waals surface area contributed by atoms with Gasteiger partial charge in [0.2, 0.25) is 0 Å². The number of methoxy groups -OCH3 is 1. The van der Waals surface area contributed by atoms with Crippen molar-refractivity contribution < 1.29 is 32.5 Å². The Morgan fingerprint density at radius 2 is 1.91 bits per heavy atom. The number of anilines is 1. The lowest BCUT2D eigenvalue weighted by Crippen LogP contribution is -2.47. The number of aliphatic hydroxyl groups excluding tert-OH is 1. The molecule has 2 heterocycles. The molecule has 0 spiro atoms. The van der Waals surface area contributed by atoms with E-state index in [2.05, 4.69) is 21.5 Å². The van der Waals surface area contributed by atoms with Crippen molar-refractivity contribution in [1.82, 2.24) is 19.4 Å². The molecule has 13 heteroatoms. The van der Waals surface area contributed by atoms with Crippen molar-refractivity contribution in [2.45, 2.75) is 69.9 Å². The first kappa shape index (κ1) is 36.2. The average molecular weight is 672 g/mol. The first-order chi connectivity index (χ1) is 22.4. The minimum Gasteiger partial charge on any atom is -0.497 e. The van der Waals surface area contributed by atoms with Crippen molar-refractivity contribution in [2.24, 2.45) is 13.0 Å². The van der Waals surface area contributed by atoms with Crippen LogP contribution in [0.2, 0.25) is 0 Å². The highest BCUT2D eigenvalue weighted by molar-refractivity contribution is 7.92. The van der Waals surface area contributed by atoms with E-state index in [1.165, 1.54) is 18.6 Å². The Labute approximate surface area is 278 Å². The summed E-state index contributed by atoms with van der Waals surface area (Å²) in [6.45, 7) is 7.78. The zero-order valence-corrected chi connectivity index (χ0v) is 29.1. The summed E-state index contributed by atoms with van der Waals surface area (Å²) < 4.78 is 48.2. The number of aliphatic hydroxyl groups is 1. The minimum atomic E-state index is -4.00. The van der Waals surface area contributed by atoms with Crippen LogP contribution < -0.4 is 14.2 Å². The molecule has 0 saturated carbocycles. The number of benzene rings is 2. The van der Waals surface area contributed by atoms with Gasteiger partial charge in [-0.1, -0.05) is 19.1 Å². The smallest absolute Gasteiger partial charge is 0.280 e. The standard InChI is InChI=1S/C34H49N5O7S/c1-24-18-39(25(2)22-40)34(41)30-17-28(36-47(42,43)33-21-38(5)23-35-33)12-15-31(30)46-26(3)9-7-8-16-45-32(24)20-37(4)19-27-10-13-29(44-6)14-11-27/h10-15,17,21,23-26,32,36,40H,7-9,16,18-20,22H2,1-6H3/t24-,25+,26+,32-/m1/s1. The number of rotatable bonds is 10. The number of fused-ring (bicyclic) bond motifs is 1. The van der Waals surface area contributed by atoms with Crippen LogP contribution in [0.1, 0.15) is 56.0 Å². The van der Waals surface area contributed by atoms with Crippen molar-refractivity contribution in [1.29, 1.82) is 0 Å². The molecule has 0 fully saturated rings. The van der Waals surface area contributed by atoms with E-state index in [4.69, 9.17) is 14.2 Å². The van der Waals surface area contributed by atoms with Crippen molar-refractivity contribution in [3.8, 4) is 11.5 Å². The predicted molar refractivity (Wildman–Crippen MR) is 180 cm³/mol. The second-order valence-electron chi connectivity index (χ2n) is 12.5. The van der Waals surface area contributed by atoms with Crippen LogP contribution >= 0.6 is 0 Å². The van der Waals surface area contributed by atoms with Crippen LogP contribution in [0.4, 0.5) is 5.69 Å². The van der Waals surface area contributed by atoms with Gasteiger partial charge >= 0.3 is 0 Å². The molecule has 1 amide bonds. The van der Waals surface area contributed by atoms with Gasteiger partial charge in [0.05, 0.1) is 43.9 Å². The number of ether oxygens (including phenoxy) is 3. The van der Waals surface area contributed by atoms with Gasteiger partial charge in [-0.3, -0.25) is 14.4 Å². The molecule has 0 aliphatic carbocycles. The molecule has 0 radical (unpaired) electrons. The molecule has 4 atom stereocenters. The maximum atomic E-state index is 14.4. The predicted octanol–water partition coefficient (Wildman–Crippen LogP) is 4.16. The molecule has 1 aliphatic heterocycles. The summed E-state index contributed by atoms with van der Waals surface area (Å²) in [7, 11) is 1.38. The van der Waals surface area contributed by atoms with Crippen LogP contribution in [0.15, 0.2) is 60.0 Å². The van der Waals surface area contributed by atoms with Crippen molar-refractivity contribution in [3.05, 3.63) is 66.1 Å².